The standard InChI is InChI=1S/C14H12Cl2N2O2/c1-20-14-9(6-10(15)8-11(14)16)7-13(19)18-12-4-2-3-5-17-12/h2-6,8H,7H2,1H3,(H,17,18,19). The normalized spacial score (nSPS) is 10.2. The van der Waals surface area contributed by atoms with E-state index in [4.69, 9.17) is 27.9 Å². The Labute approximate surface area is 126 Å². The Morgan fingerprint density at radius 1 is 1.35 bits per heavy atom. The number of methoxy groups -OCH3 is 1. The third-order valence-electron chi connectivity index (χ3n) is 2.57. The van der Waals surface area contributed by atoms with Crippen molar-refractivity contribution in [2.75, 3.05) is 12.4 Å². The Hall–Kier alpha value is -1.78. The summed E-state index contributed by atoms with van der Waals surface area (Å²) in [5.41, 5.74) is 0.624. The van der Waals surface area contributed by atoms with Crippen LogP contribution in [0.2, 0.25) is 10.0 Å². The predicted molar refractivity (Wildman–Crippen MR) is 79.6 cm³/mol. The zero-order valence-electron chi connectivity index (χ0n) is 10.7. The smallest absolute Gasteiger partial charge is 0.230 e. The molecule has 0 spiro atoms. The molecular weight excluding hydrogens is 299 g/mol. The molecule has 104 valence electrons. The molecule has 0 aliphatic heterocycles. The molecule has 0 saturated heterocycles. The van der Waals surface area contributed by atoms with Crippen molar-refractivity contribution in [2.45, 2.75) is 6.42 Å². The van der Waals surface area contributed by atoms with Gasteiger partial charge in [-0.05, 0) is 24.3 Å². The number of hydrogen-bond acceptors (Lipinski definition) is 3. The summed E-state index contributed by atoms with van der Waals surface area (Å²) in [6, 6.07) is 8.50. The van der Waals surface area contributed by atoms with Gasteiger partial charge < -0.3 is 10.1 Å². The number of anilines is 1. The summed E-state index contributed by atoms with van der Waals surface area (Å²) < 4.78 is 5.20. The Balaban J connectivity index is 2.15. The molecule has 0 aliphatic rings. The fraction of sp³-hybridized carbons (Fsp3) is 0.143. The lowest BCUT2D eigenvalue weighted by molar-refractivity contribution is -0.115. The highest BCUT2D eigenvalue weighted by atomic mass is 35.5. The van der Waals surface area contributed by atoms with Crippen molar-refractivity contribution in [3.8, 4) is 5.75 Å². The minimum atomic E-state index is -0.222. The predicted octanol–water partition coefficient (Wildman–Crippen LogP) is 3.58. The largest absolute Gasteiger partial charge is 0.495 e. The van der Waals surface area contributed by atoms with Crippen molar-refractivity contribution in [1.82, 2.24) is 4.98 Å². The van der Waals surface area contributed by atoms with Gasteiger partial charge in [0.25, 0.3) is 0 Å². The molecule has 1 aromatic carbocycles. The quantitative estimate of drug-likeness (QED) is 0.939. The van der Waals surface area contributed by atoms with E-state index in [2.05, 4.69) is 10.3 Å². The number of nitrogens with one attached hydrogen (secondary N) is 1. The number of halogens is 2. The number of nitrogens with zero attached hydrogens (tertiary/aromatic N) is 1. The van der Waals surface area contributed by atoms with Crippen LogP contribution < -0.4 is 10.1 Å². The second-order valence-electron chi connectivity index (χ2n) is 4.02. The number of hydrogen-bond donors (Lipinski definition) is 1. The number of carbonyl (C=O) groups is 1. The van der Waals surface area contributed by atoms with Crippen molar-refractivity contribution >= 4 is 34.9 Å². The van der Waals surface area contributed by atoms with E-state index < -0.39 is 0 Å². The Bertz CT molecular complexity index is 618. The highest BCUT2D eigenvalue weighted by molar-refractivity contribution is 6.35. The molecule has 0 unspecified atom stereocenters. The van der Waals surface area contributed by atoms with Crippen LogP contribution >= 0.6 is 23.2 Å². The van der Waals surface area contributed by atoms with E-state index >= 15 is 0 Å². The SMILES string of the molecule is COc1c(Cl)cc(Cl)cc1CC(=O)Nc1ccccn1. The number of aromatic nitrogens is 1. The van der Waals surface area contributed by atoms with Crippen LogP contribution in [0.15, 0.2) is 36.5 Å². The summed E-state index contributed by atoms with van der Waals surface area (Å²) in [5, 5.41) is 3.52. The highest BCUT2D eigenvalue weighted by Gasteiger charge is 2.13. The molecule has 0 saturated carbocycles. The molecular formula is C14H12Cl2N2O2. The molecule has 1 amide bonds. The van der Waals surface area contributed by atoms with Gasteiger partial charge in [0.05, 0.1) is 18.6 Å². The average Bonchev–Trinajstić information content (AvgIpc) is 2.39. The van der Waals surface area contributed by atoms with E-state index in [1.807, 2.05) is 0 Å². The van der Waals surface area contributed by atoms with Gasteiger partial charge in [-0.2, -0.15) is 0 Å². The van der Waals surface area contributed by atoms with Gasteiger partial charge >= 0.3 is 0 Å². The number of amides is 1. The van der Waals surface area contributed by atoms with Crippen molar-refractivity contribution in [1.29, 1.82) is 0 Å². The van der Waals surface area contributed by atoms with E-state index in [0.29, 0.717) is 27.2 Å². The van der Waals surface area contributed by atoms with Crippen LogP contribution in [0.25, 0.3) is 0 Å². The number of benzene rings is 1. The molecule has 2 rings (SSSR count). The molecule has 0 radical (unpaired) electrons. The van der Waals surface area contributed by atoms with Gasteiger partial charge in [-0.25, -0.2) is 4.98 Å². The van der Waals surface area contributed by atoms with Crippen LogP contribution in [0.1, 0.15) is 5.56 Å². The maximum absolute atomic E-state index is 12.0. The third kappa shape index (κ3) is 3.62. The molecule has 1 N–H and O–H groups in total. The van der Waals surface area contributed by atoms with Gasteiger partial charge in [-0.1, -0.05) is 29.3 Å². The van der Waals surface area contributed by atoms with E-state index in [1.54, 1.807) is 36.5 Å². The first-order valence-corrected chi connectivity index (χ1v) is 6.58. The van der Waals surface area contributed by atoms with Gasteiger partial charge in [0.2, 0.25) is 5.91 Å². The summed E-state index contributed by atoms with van der Waals surface area (Å²) in [6.07, 6.45) is 1.70. The second-order valence-corrected chi connectivity index (χ2v) is 4.86. The lowest BCUT2D eigenvalue weighted by Gasteiger charge is -2.11. The lowest BCUT2D eigenvalue weighted by Crippen LogP contribution is -2.15. The Morgan fingerprint density at radius 2 is 2.15 bits per heavy atom. The zero-order chi connectivity index (χ0) is 14.5. The molecule has 4 nitrogen and oxygen atoms in total. The van der Waals surface area contributed by atoms with Crippen LogP contribution in [0.4, 0.5) is 5.82 Å². The average molecular weight is 311 g/mol. The third-order valence-corrected chi connectivity index (χ3v) is 3.07. The summed E-state index contributed by atoms with van der Waals surface area (Å²) in [4.78, 5) is 16.0. The summed E-state index contributed by atoms with van der Waals surface area (Å²) in [7, 11) is 1.50. The number of pyridine rings is 1. The summed E-state index contributed by atoms with van der Waals surface area (Å²) in [5.74, 6) is 0.720. The van der Waals surface area contributed by atoms with E-state index in [0.717, 1.165) is 0 Å². The van der Waals surface area contributed by atoms with Gasteiger partial charge in [0.15, 0.2) is 0 Å². The van der Waals surface area contributed by atoms with Crippen LogP contribution in [0.5, 0.6) is 5.75 Å². The van der Waals surface area contributed by atoms with Gasteiger partial charge in [0.1, 0.15) is 11.6 Å². The van der Waals surface area contributed by atoms with Crippen molar-refractivity contribution < 1.29 is 9.53 Å². The first-order chi connectivity index (χ1) is 9.60. The maximum atomic E-state index is 12.0. The maximum Gasteiger partial charge on any atom is 0.230 e. The van der Waals surface area contributed by atoms with Crippen LogP contribution in [-0.4, -0.2) is 18.0 Å². The minimum absolute atomic E-state index is 0.0972. The molecule has 0 fully saturated rings. The van der Waals surface area contributed by atoms with E-state index in [9.17, 15) is 4.79 Å². The second kappa shape index (κ2) is 6.59. The number of carbonyl (C=O) groups excluding carboxylic acids is 1. The number of rotatable bonds is 4. The Kier molecular flexibility index (Phi) is 4.82. The monoisotopic (exact) mass is 310 g/mol. The van der Waals surface area contributed by atoms with Gasteiger partial charge in [0, 0.05) is 16.8 Å². The first-order valence-electron chi connectivity index (χ1n) is 5.83. The molecule has 0 bridgehead atoms. The topological polar surface area (TPSA) is 51.2 Å². The highest BCUT2D eigenvalue weighted by Crippen LogP contribution is 2.32. The molecule has 1 aromatic heterocycles. The molecule has 0 aliphatic carbocycles. The van der Waals surface area contributed by atoms with Gasteiger partial charge in [-0.15, -0.1) is 0 Å². The zero-order valence-corrected chi connectivity index (χ0v) is 12.2. The molecule has 1 heterocycles. The number of ether oxygens (including phenoxy) is 1. The van der Waals surface area contributed by atoms with E-state index in [-0.39, 0.29) is 12.3 Å². The van der Waals surface area contributed by atoms with Crippen molar-refractivity contribution in [2.24, 2.45) is 0 Å². The fourth-order valence-corrected chi connectivity index (χ4v) is 2.38. The fourth-order valence-electron chi connectivity index (χ4n) is 1.77. The van der Waals surface area contributed by atoms with Crippen LogP contribution in [-0.2, 0) is 11.2 Å². The summed E-state index contributed by atoms with van der Waals surface area (Å²) in [6.45, 7) is 0. The van der Waals surface area contributed by atoms with Crippen molar-refractivity contribution in [3.05, 3.63) is 52.1 Å². The summed E-state index contributed by atoms with van der Waals surface area (Å²) >= 11 is 12.0. The molecule has 6 heteroatoms. The minimum Gasteiger partial charge on any atom is -0.495 e. The molecule has 0 atom stereocenters. The Morgan fingerprint density at radius 3 is 2.80 bits per heavy atom. The van der Waals surface area contributed by atoms with Crippen LogP contribution in [0.3, 0.4) is 0 Å². The molecule has 2 aromatic rings. The van der Waals surface area contributed by atoms with E-state index in [1.165, 1.54) is 7.11 Å². The van der Waals surface area contributed by atoms with Crippen LogP contribution in [0, 0.1) is 0 Å². The van der Waals surface area contributed by atoms with Gasteiger partial charge in [-0.3, -0.25) is 4.79 Å². The first kappa shape index (κ1) is 14.6. The van der Waals surface area contributed by atoms with Crippen molar-refractivity contribution in [3.63, 3.8) is 0 Å². The lowest BCUT2D eigenvalue weighted by atomic mass is 10.1. The molecule has 20 heavy (non-hydrogen) atoms.